The van der Waals surface area contributed by atoms with E-state index in [1.54, 1.807) is 31.2 Å². The minimum atomic E-state index is -0.648. The van der Waals surface area contributed by atoms with E-state index in [0.717, 1.165) is 5.56 Å². The number of amides is 2. The molecule has 0 saturated carbocycles. The Morgan fingerprint density at radius 2 is 2.11 bits per heavy atom. The molecule has 0 radical (unpaired) electrons. The van der Waals surface area contributed by atoms with Gasteiger partial charge in [-0.2, -0.15) is 0 Å². The molecule has 1 aliphatic rings. The number of esters is 1. The number of carbonyl (C=O) groups is 2. The third-order valence-electron chi connectivity index (χ3n) is 3.61. The predicted octanol–water partition coefficient (Wildman–Crippen LogP) is 2.74. The van der Waals surface area contributed by atoms with Crippen LogP contribution in [-0.2, 0) is 9.53 Å². The second-order valence-electron chi connectivity index (χ2n) is 5.39. The molecule has 3 rings (SSSR count). The molecule has 1 atom stereocenters. The van der Waals surface area contributed by atoms with Gasteiger partial charge in [0.15, 0.2) is 4.34 Å². The summed E-state index contributed by atoms with van der Waals surface area (Å²) in [5.74, 6) is -0.197. The Morgan fingerprint density at radius 1 is 1.37 bits per heavy atom. The first kappa shape index (κ1) is 19.5. The summed E-state index contributed by atoms with van der Waals surface area (Å²) in [4.78, 5) is 24.8. The zero-order chi connectivity index (χ0) is 19.4. The number of benzene rings is 1. The first-order valence-corrected chi connectivity index (χ1v) is 10.1. The van der Waals surface area contributed by atoms with Crippen LogP contribution in [0, 0.1) is 0 Å². The van der Waals surface area contributed by atoms with Crippen LogP contribution in [0.5, 0.6) is 0 Å². The van der Waals surface area contributed by atoms with E-state index >= 15 is 0 Å². The molecule has 2 aromatic rings. The van der Waals surface area contributed by atoms with Gasteiger partial charge in [0.25, 0.3) is 0 Å². The smallest absolute Gasteiger partial charge is 0.338 e. The Hall–Kier alpha value is -2.30. The number of thioether (sulfide) groups is 1. The average molecular weight is 426 g/mol. The number of urea groups is 1. The van der Waals surface area contributed by atoms with Gasteiger partial charge in [-0.25, -0.2) is 9.59 Å². The summed E-state index contributed by atoms with van der Waals surface area (Å²) >= 11 is 8.50. The highest BCUT2D eigenvalue weighted by atomic mass is 35.5. The van der Waals surface area contributed by atoms with Gasteiger partial charge in [0, 0.05) is 16.5 Å². The second-order valence-corrected chi connectivity index (χ2v) is 8.06. The molecule has 0 aliphatic carbocycles. The van der Waals surface area contributed by atoms with Crippen molar-refractivity contribution in [2.75, 3.05) is 18.1 Å². The number of nitrogens with one attached hydrogen (secondary N) is 2. The summed E-state index contributed by atoms with van der Waals surface area (Å²) in [6.45, 7) is 1.94. The molecule has 0 bridgehead atoms. The Morgan fingerprint density at radius 3 is 2.74 bits per heavy atom. The lowest BCUT2D eigenvalue weighted by molar-refractivity contribution is -0.139. The lowest BCUT2D eigenvalue weighted by Gasteiger charge is -2.29. The van der Waals surface area contributed by atoms with Crippen molar-refractivity contribution in [1.29, 1.82) is 0 Å². The fourth-order valence-corrected chi connectivity index (χ4v) is 4.23. The molecule has 0 unspecified atom stereocenters. The van der Waals surface area contributed by atoms with Gasteiger partial charge in [-0.3, -0.25) is 0 Å². The van der Waals surface area contributed by atoms with E-state index in [1.165, 1.54) is 23.1 Å². The first-order valence-electron chi connectivity index (χ1n) is 7.93. The molecule has 1 aromatic heterocycles. The molecule has 27 heavy (non-hydrogen) atoms. The molecule has 1 aliphatic heterocycles. The molecular formula is C16H16ClN5O3S2. The summed E-state index contributed by atoms with van der Waals surface area (Å²) in [7, 11) is 0. The molecule has 8 nitrogen and oxygen atoms in total. The van der Waals surface area contributed by atoms with E-state index < -0.39 is 18.0 Å². The quantitative estimate of drug-likeness (QED) is 0.480. The van der Waals surface area contributed by atoms with Crippen molar-refractivity contribution in [3.05, 3.63) is 46.1 Å². The maximum absolute atomic E-state index is 12.6. The number of nitrogens with zero attached hydrogens (tertiary/aromatic N) is 2. The summed E-state index contributed by atoms with van der Waals surface area (Å²) in [5, 5.41) is 14.1. The number of rotatable bonds is 6. The highest BCUT2D eigenvalue weighted by molar-refractivity contribution is 8.01. The Labute approximate surface area is 168 Å². The van der Waals surface area contributed by atoms with Crippen molar-refractivity contribution in [2.24, 2.45) is 0 Å². The summed E-state index contributed by atoms with van der Waals surface area (Å²) < 4.78 is 5.85. The van der Waals surface area contributed by atoms with Crippen molar-refractivity contribution in [3.63, 3.8) is 0 Å². The van der Waals surface area contributed by atoms with Gasteiger partial charge >= 0.3 is 12.0 Å². The molecule has 0 fully saturated rings. The predicted molar refractivity (Wildman–Crippen MR) is 105 cm³/mol. The maximum Gasteiger partial charge on any atom is 0.338 e. The molecule has 1 aromatic carbocycles. The van der Waals surface area contributed by atoms with Crippen molar-refractivity contribution in [2.45, 2.75) is 17.3 Å². The van der Waals surface area contributed by atoms with Gasteiger partial charge in [0.1, 0.15) is 0 Å². The van der Waals surface area contributed by atoms with Crippen LogP contribution < -0.4 is 16.4 Å². The fourth-order valence-electron chi connectivity index (χ4n) is 2.50. The van der Waals surface area contributed by atoms with Crippen LogP contribution in [0.2, 0.25) is 5.02 Å². The van der Waals surface area contributed by atoms with Gasteiger partial charge in [0.05, 0.1) is 18.2 Å². The normalized spacial score (nSPS) is 16.7. The van der Waals surface area contributed by atoms with E-state index in [4.69, 9.17) is 22.1 Å². The average Bonchev–Trinajstić information content (AvgIpc) is 3.05. The number of halogens is 1. The van der Waals surface area contributed by atoms with E-state index in [2.05, 4.69) is 20.8 Å². The number of nitrogen functional groups attached to an aromatic ring is 1. The number of anilines is 1. The molecule has 0 saturated heterocycles. The van der Waals surface area contributed by atoms with Crippen LogP contribution in [-0.4, -0.2) is 34.6 Å². The highest BCUT2D eigenvalue weighted by Gasteiger charge is 2.33. The fraction of sp³-hybridized carbons (Fsp3) is 0.250. The van der Waals surface area contributed by atoms with Crippen molar-refractivity contribution >= 4 is 51.8 Å². The van der Waals surface area contributed by atoms with Crippen molar-refractivity contribution in [1.82, 2.24) is 20.8 Å². The monoisotopic (exact) mass is 425 g/mol. The van der Waals surface area contributed by atoms with E-state index in [0.29, 0.717) is 31.5 Å². The Balaban J connectivity index is 1.96. The Bertz CT molecular complexity index is 884. The van der Waals surface area contributed by atoms with E-state index in [-0.39, 0.29) is 6.61 Å². The number of hydrogen-bond donors (Lipinski definition) is 3. The third kappa shape index (κ3) is 4.71. The largest absolute Gasteiger partial charge is 0.463 e. The van der Waals surface area contributed by atoms with Gasteiger partial charge in [0.2, 0.25) is 5.13 Å². The highest BCUT2D eigenvalue weighted by Crippen LogP contribution is 2.32. The van der Waals surface area contributed by atoms with Crippen LogP contribution in [0.15, 0.2) is 39.9 Å². The summed E-state index contributed by atoms with van der Waals surface area (Å²) in [6, 6.07) is 5.86. The maximum atomic E-state index is 12.6. The molecule has 4 N–H and O–H groups in total. The van der Waals surface area contributed by atoms with Gasteiger partial charge in [-0.1, -0.05) is 46.8 Å². The van der Waals surface area contributed by atoms with Crippen molar-refractivity contribution in [3.8, 4) is 0 Å². The zero-order valence-electron chi connectivity index (χ0n) is 14.2. The minimum Gasteiger partial charge on any atom is -0.463 e. The second kappa shape index (κ2) is 8.59. The lowest BCUT2D eigenvalue weighted by Crippen LogP contribution is -2.46. The molecule has 2 heterocycles. The SMILES string of the molecule is CCOC(=O)C1=C(CSc2nnc(N)s2)NC(=O)N[C@@H]1c1ccc(Cl)cc1. The minimum absolute atomic E-state index is 0.219. The standard InChI is InChI=1S/C16H16ClN5O3S2/c1-2-25-13(23)11-10(7-26-16-22-21-14(18)27-16)19-15(24)20-12(11)8-3-5-9(17)6-4-8/h3-6,12H,2,7H2,1H3,(H2,18,21)(H2,19,20,24)/t12-/m1/s1. The van der Waals surface area contributed by atoms with Gasteiger partial charge in [-0.15, -0.1) is 10.2 Å². The molecule has 0 spiro atoms. The number of hydrogen-bond acceptors (Lipinski definition) is 8. The molecular weight excluding hydrogens is 410 g/mol. The Kier molecular flexibility index (Phi) is 6.19. The molecule has 142 valence electrons. The zero-order valence-corrected chi connectivity index (χ0v) is 16.6. The van der Waals surface area contributed by atoms with Crippen LogP contribution in [0.1, 0.15) is 18.5 Å². The lowest BCUT2D eigenvalue weighted by atomic mass is 9.95. The molecule has 2 amide bonds. The number of aromatic nitrogens is 2. The van der Waals surface area contributed by atoms with E-state index in [1.807, 2.05) is 0 Å². The van der Waals surface area contributed by atoms with Crippen LogP contribution >= 0.6 is 34.7 Å². The van der Waals surface area contributed by atoms with Crippen molar-refractivity contribution < 1.29 is 14.3 Å². The first-order chi connectivity index (χ1) is 13.0. The van der Waals surface area contributed by atoms with Crippen LogP contribution in [0.25, 0.3) is 0 Å². The summed E-state index contributed by atoms with van der Waals surface area (Å²) in [6.07, 6.45) is 0. The number of ether oxygens (including phenoxy) is 1. The summed E-state index contributed by atoms with van der Waals surface area (Å²) in [5.41, 5.74) is 7.10. The number of nitrogens with two attached hydrogens (primary N) is 1. The topological polar surface area (TPSA) is 119 Å². The van der Waals surface area contributed by atoms with Crippen LogP contribution in [0.3, 0.4) is 0 Å². The number of carbonyl (C=O) groups excluding carboxylic acids is 2. The third-order valence-corrected chi connectivity index (χ3v) is 5.78. The van der Waals surface area contributed by atoms with Gasteiger partial charge < -0.3 is 21.1 Å². The van der Waals surface area contributed by atoms with E-state index in [9.17, 15) is 9.59 Å². The van der Waals surface area contributed by atoms with Crippen LogP contribution in [0.4, 0.5) is 9.93 Å². The van der Waals surface area contributed by atoms with Gasteiger partial charge in [-0.05, 0) is 24.6 Å². The molecule has 11 heteroatoms.